The summed E-state index contributed by atoms with van der Waals surface area (Å²) in [7, 11) is 3.47. The van der Waals surface area contributed by atoms with E-state index in [-0.39, 0.29) is 5.91 Å². The summed E-state index contributed by atoms with van der Waals surface area (Å²) in [6.45, 7) is 0.553. The number of carbonyl (C=O) groups excluding carboxylic acids is 1. The Kier molecular flexibility index (Phi) is 3.52. The van der Waals surface area contributed by atoms with Gasteiger partial charge in [-0.05, 0) is 12.1 Å². The van der Waals surface area contributed by atoms with Gasteiger partial charge >= 0.3 is 0 Å². The van der Waals surface area contributed by atoms with Crippen LogP contribution in [0.25, 0.3) is 0 Å². The minimum Gasteiger partial charge on any atom is -0.361 e. The lowest BCUT2D eigenvalue weighted by Gasteiger charge is -2.05. The average molecular weight is 246 g/mol. The van der Waals surface area contributed by atoms with Gasteiger partial charge in [0.25, 0.3) is 5.91 Å². The number of amides is 1. The van der Waals surface area contributed by atoms with E-state index in [4.69, 9.17) is 0 Å². The molecule has 0 fully saturated rings. The number of hydrogen-bond acceptors (Lipinski definition) is 5. The SMILES string of the molecule is CNC(=O)c1ccc(NCc2nccn2C)nn1. The van der Waals surface area contributed by atoms with Crippen LogP contribution >= 0.6 is 0 Å². The molecule has 0 aliphatic carbocycles. The van der Waals surface area contributed by atoms with E-state index in [9.17, 15) is 4.79 Å². The average Bonchev–Trinajstić information content (AvgIpc) is 2.81. The molecule has 2 N–H and O–H groups in total. The summed E-state index contributed by atoms with van der Waals surface area (Å²) in [6.07, 6.45) is 3.61. The smallest absolute Gasteiger partial charge is 0.271 e. The molecule has 2 aromatic rings. The molecule has 0 saturated heterocycles. The van der Waals surface area contributed by atoms with E-state index in [1.165, 1.54) is 0 Å². The highest BCUT2D eigenvalue weighted by atomic mass is 16.1. The summed E-state index contributed by atoms with van der Waals surface area (Å²) >= 11 is 0. The summed E-state index contributed by atoms with van der Waals surface area (Å²) < 4.78 is 1.92. The summed E-state index contributed by atoms with van der Waals surface area (Å²) in [5.74, 6) is 1.25. The highest BCUT2D eigenvalue weighted by Gasteiger charge is 2.05. The number of aromatic nitrogens is 4. The van der Waals surface area contributed by atoms with Crippen molar-refractivity contribution in [1.82, 2.24) is 25.1 Å². The Bertz CT molecular complexity index is 533. The highest BCUT2D eigenvalue weighted by molar-refractivity contribution is 5.91. The van der Waals surface area contributed by atoms with Crippen LogP contribution in [0.1, 0.15) is 16.3 Å². The first-order valence-corrected chi connectivity index (χ1v) is 5.46. The lowest BCUT2D eigenvalue weighted by atomic mass is 10.3. The topological polar surface area (TPSA) is 84.7 Å². The van der Waals surface area contributed by atoms with Gasteiger partial charge in [-0.1, -0.05) is 0 Å². The van der Waals surface area contributed by atoms with Crippen LogP contribution in [-0.4, -0.2) is 32.7 Å². The molecule has 2 rings (SSSR count). The third-order valence-corrected chi connectivity index (χ3v) is 2.47. The van der Waals surface area contributed by atoms with E-state index >= 15 is 0 Å². The summed E-state index contributed by atoms with van der Waals surface area (Å²) in [5.41, 5.74) is 0.292. The molecule has 0 aliphatic heterocycles. The maximum atomic E-state index is 11.3. The predicted molar refractivity (Wildman–Crippen MR) is 66.0 cm³/mol. The van der Waals surface area contributed by atoms with Crippen LogP contribution in [0.4, 0.5) is 5.82 Å². The van der Waals surface area contributed by atoms with E-state index in [0.29, 0.717) is 18.1 Å². The van der Waals surface area contributed by atoms with E-state index in [1.807, 2.05) is 17.8 Å². The molecule has 7 heteroatoms. The van der Waals surface area contributed by atoms with Gasteiger partial charge in [-0.3, -0.25) is 4.79 Å². The largest absolute Gasteiger partial charge is 0.361 e. The minimum atomic E-state index is -0.252. The standard InChI is InChI=1S/C11H14N6O/c1-12-11(18)8-3-4-9(16-15-8)14-7-10-13-5-6-17(10)2/h3-6H,7H2,1-2H3,(H,12,18)(H,14,16). The number of nitrogens with one attached hydrogen (secondary N) is 2. The van der Waals surface area contributed by atoms with E-state index in [0.717, 1.165) is 5.82 Å². The van der Waals surface area contributed by atoms with Gasteiger partial charge in [0.2, 0.25) is 0 Å². The fraction of sp³-hybridized carbons (Fsp3) is 0.273. The Hall–Kier alpha value is -2.44. The molecule has 7 nitrogen and oxygen atoms in total. The second-order valence-electron chi connectivity index (χ2n) is 3.69. The monoisotopic (exact) mass is 246 g/mol. The molecule has 2 aromatic heterocycles. The number of imidazole rings is 1. The molecule has 0 radical (unpaired) electrons. The molecule has 0 bridgehead atoms. The third kappa shape index (κ3) is 2.62. The maximum Gasteiger partial charge on any atom is 0.271 e. The van der Waals surface area contributed by atoms with Gasteiger partial charge in [0.1, 0.15) is 11.6 Å². The van der Waals surface area contributed by atoms with Crippen LogP contribution < -0.4 is 10.6 Å². The van der Waals surface area contributed by atoms with E-state index in [1.54, 1.807) is 25.4 Å². The number of anilines is 1. The number of carbonyl (C=O) groups is 1. The first kappa shape index (κ1) is 12.0. The van der Waals surface area contributed by atoms with Crippen molar-refractivity contribution in [3.63, 3.8) is 0 Å². The Morgan fingerprint density at radius 2 is 2.22 bits per heavy atom. The lowest BCUT2D eigenvalue weighted by molar-refractivity contribution is 0.0957. The van der Waals surface area contributed by atoms with Gasteiger partial charge in [-0.25, -0.2) is 4.98 Å². The van der Waals surface area contributed by atoms with Crippen molar-refractivity contribution in [2.24, 2.45) is 7.05 Å². The normalized spacial score (nSPS) is 10.1. The zero-order valence-corrected chi connectivity index (χ0v) is 10.2. The van der Waals surface area contributed by atoms with Gasteiger partial charge in [0, 0.05) is 26.5 Å². The third-order valence-electron chi connectivity index (χ3n) is 2.47. The Morgan fingerprint density at radius 1 is 1.39 bits per heavy atom. The molecule has 1 amide bonds. The van der Waals surface area contributed by atoms with Gasteiger partial charge in [-0.2, -0.15) is 0 Å². The Morgan fingerprint density at radius 3 is 2.78 bits per heavy atom. The van der Waals surface area contributed by atoms with Crippen LogP contribution in [0.15, 0.2) is 24.5 Å². The summed E-state index contributed by atoms with van der Waals surface area (Å²) in [5, 5.41) is 13.3. The molecule has 0 unspecified atom stereocenters. The highest BCUT2D eigenvalue weighted by Crippen LogP contribution is 2.04. The van der Waals surface area contributed by atoms with Crippen LogP contribution in [-0.2, 0) is 13.6 Å². The van der Waals surface area contributed by atoms with E-state index < -0.39 is 0 Å². The van der Waals surface area contributed by atoms with Gasteiger partial charge in [0.15, 0.2) is 5.69 Å². The molecule has 0 aliphatic rings. The van der Waals surface area contributed by atoms with Crippen LogP contribution in [0.2, 0.25) is 0 Å². The zero-order valence-electron chi connectivity index (χ0n) is 10.2. The van der Waals surface area contributed by atoms with Crippen molar-refractivity contribution in [3.8, 4) is 0 Å². The molecular weight excluding hydrogens is 232 g/mol. The van der Waals surface area contributed by atoms with Crippen molar-refractivity contribution in [3.05, 3.63) is 36.0 Å². The van der Waals surface area contributed by atoms with Crippen LogP contribution in [0.3, 0.4) is 0 Å². The molecule has 0 spiro atoms. The van der Waals surface area contributed by atoms with Gasteiger partial charge in [0.05, 0.1) is 6.54 Å². The zero-order chi connectivity index (χ0) is 13.0. The van der Waals surface area contributed by atoms with Crippen LogP contribution in [0.5, 0.6) is 0 Å². The van der Waals surface area contributed by atoms with Gasteiger partial charge in [-0.15, -0.1) is 10.2 Å². The summed E-state index contributed by atoms with van der Waals surface area (Å²) in [4.78, 5) is 15.4. The van der Waals surface area contributed by atoms with Crippen molar-refractivity contribution in [1.29, 1.82) is 0 Å². The molecular formula is C11H14N6O. The molecule has 0 saturated carbocycles. The first-order chi connectivity index (χ1) is 8.70. The molecule has 2 heterocycles. The van der Waals surface area contributed by atoms with Crippen molar-refractivity contribution < 1.29 is 4.79 Å². The number of rotatable bonds is 4. The second-order valence-corrected chi connectivity index (χ2v) is 3.69. The number of aryl methyl sites for hydroxylation is 1. The quantitative estimate of drug-likeness (QED) is 0.804. The number of nitrogens with zero attached hydrogens (tertiary/aromatic N) is 4. The minimum absolute atomic E-state index is 0.252. The van der Waals surface area contributed by atoms with Crippen molar-refractivity contribution in [2.75, 3.05) is 12.4 Å². The molecule has 94 valence electrons. The molecule has 18 heavy (non-hydrogen) atoms. The van der Waals surface area contributed by atoms with Crippen molar-refractivity contribution >= 4 is 11.7 Å². The number of hydrogen-bond donors (Lipinski definition) is 2. The first-order valence-electron chi connectivity index (χ1n) is 5.46. The predicted octanol–water partition coefficient (Wildman–Crippen LogP) is 0.182. The Labute approximate surface area is 104 Å². The van der Waals surface area contributed by atoms with Gasteiger partial charge < -0.3 is 15.2 Å². The van der Waals surface area contributed by atoms with E-state index in [2.05, 4.69) is 25.8 Å². The fourth-order valence-electron chi connectivity index (χ4n) is 1.41. The Balaban J connectivity index is 1.98. The fourth-order valence-corrected chi connectivity index (χ4v) is 1.41. The summed E-state index contributed by atoms with van der Waals surface area (Å²) in [6, 6.07) is 3.33. The molecule has 0 aromatic carbocycles. The lowest BCUT2D eigenvalue weighted by Crippen LogP contribution is -2.19. The van der Waals surface area contributed by atoms with Crippen LogP contribution in [0, 0.1) is 0 Å². The second kappa shape index (κ2) is 5.26. The maximum absolute atomic E-state index is 11.3. The molecule has 0 atom stereocenters. The van der Waals surface area contributed by atoms with Crippen molar-refractivity contribution in [2.45, 2.75) is 6.54 Å².